The molecule has 0 bridgehead atoms. The summed E-state index contributed by atoms with van der Waals surface area (Å²) in [5, 5.41) is 8.69. The summed E-state index contributed by atoms with van der Waals surface area (Å²) >= 11 is 3.42. The molecule has 5 heteroatoms. The number of aliphatic hydroxyl groups excluding tert-OH is 1. The van der Waals surface area contributed by atoms with Crippen LogP contribution in [0.3, 0.4) is 0 Å². The van der Waals surface area contributed by atoms with Gasteiger partial charge in [-0.1, -0.05) is 11.8 Å². The van der Waals surface area contributed by atoms with E-state index in [1.165, 1.54) is 4.88 Å². The number of fused-ring (bicyclic) bond motifs is 1. The quantitative estimate of drug-likeness (QED) is 0.697. The summed E-state index contributed by atoms with van der Waals surface area (Å²) < 4.78 is 11.1. The molecular weight excluding hydrogens is 304 g/mol. The Morgan fingerprint density at radius 3 is 2.86 bits per heavy atom. The molecule has 0 radical (unpaired) electrons. The lowest BCUT2D eigenvalue weighted by molar-refractivity contribution is 0.171. The van der Waals surface area contributed by atoms with Gasteiger partial charge in [0.25, 0.3) is 0 Å². The highest BCUT2D eigenvalue weighted by molar-refractivity contribution is 7.98. The van der Waals surface area contributed by atoms with Gasteiger partial charge in [-0.15, -0.1) is 23.1 Å². The third kappa shape index (κ3) is 3.73. The molecule has 0 aliphatic carbocycles. The van der Waals surface area contributed by atoms with Crippen LogP contribution in [0.25, 0.3) is 0 Å². The zero-order chi connectivity index (χ0) is 14.5. The van der Waals surface area contributed by atoms with Crippen molar-refractivity contribution in [2.75, 3.05) is 19.8 Å². The molecule has 1 aliphatic heterocycles. The third-order valence-corrected chi connectivity index (χ3v) is 5.07. The highest BCUT2D eigenvalue weighted by Crippen LogP contribution is 2.35. The number of thiophene rings is 1. The van der Waals surface area contributed by atoms with Gasteiger partial charge in [0.1, 0.15) is 19.8 Å². The molecule has 0 spiro atoms. The van der Waals surface area contributed by atoms with Gasteiger partial charge < -0.3 is 14.6 Å². The minimum atomic E-state index is -0.0980. The Hall–Kier alpha value is -1.61. The summed E-state index contributed by atoms with van der Waals surface area (Å²) in [5.74, 6) is 8.13. The van der Waals surface area contributed by atoms with Crippen molar-refractivity contribution in [2.24, 2.45) is 0 Å². The summed E-state index contributed by atoms with van der Waals surface area (Å²) in [6, 6.07) is 10.1. The molecule has 3 nitrogen and oxygen atoms in total. The van der Waals surface area contributed by atoms with Crippen LogP contribution in [0.4, 0.5) is 0 Å². The SMILES string of the molecule is OCC#Cc1ccc(CSc2ccc3c(c2)OCCO3)s1. The largest absolute Gasteiger partial charge is 0.486 e. The number of hydrogen-bond donors (Lipinski definition) is 1. The van der Waals surface area contributed by atoms with E-state index in [1.807, 2.05) is 18.2 Å². The molecule has 3 rings (SSSR count). The van der Waals surface area contributed by atoms with Crippen LogP contribution in [0, 0.1) is 11.8 Å². The minimum Gasteiger partial charge on any atom is -0.486 e. The van der Waals surface area contributed by atoms with Crippen molar-refractivity contribution in [1.82, 2.24) is 0 Å². The van der Waals surface area contributed by atoms with Crippen molar-refractivity contribution in [3.8, 4) is 23.3 Å². The van der Waals surface area contributed by atoms with Crippen LogP contribution >= 0.6 is 23.1 Å². The molecule has 0 atom stereocenters. The Bertz CT molecular complexity index is 682. The van der Waals surface area contributed by atoms with E-state index < -0.39 is 0 Å². The first kappa shape index (κ1) is 14.3. The maximum absolute atomic E-state index is 8.69. The predicted octanol–water partition coefficient (Wildman–Crippen LogP) is 3.16. The van der Waals surface area contributed by atoms with E-state index in [0.717, 1.165) is 27.0 Å². The maximum atomic E-state index is 8.69. The summed E-state index contributed by atoms with van der Waals surface area (Å²) in [6.07, 6.45) is 0. The molecule has 1 aliphatic rings. The Morgan fingerprint density at radius 2 is 2.00 bits per heavy atom. The molecule has 1 N–H and O–H groups in total. The van der Waals surface area contributed by atoms with Gasteiger partial charge in [-0.05, 0) is 30.3 Å². The molecule has 1 aromatic heterocycles. The van der Waals surface area contributed by atoms with Gasteiger partial charge in [-0.3, -0.25) is 0 Å². The van der Waals surface area contributed by atoms with E-state index in [-0.39, 0.29) is 6.61 Å². The highest BCUT2D eigenvalue weighted by Gasteiger charge is 2.12. The fraction of sp³-hybridized carbons (Fsp3) is 0.250. The molecule has 0 saturated carbocycles. The van der Waals surface area contributed by atoms with E-state index >= 15 is 0 Å². The molecular formula is C16H14O3S2. The van der Waals surface area contributed by atoms with E-state index in [2.05, 4.69) is 24.0 Å². The Labute approximate surface area is 131 Å². The molecule has 2 heterocycles. The number of rotatable bonds is 3. The smallest absolute Gasteiger partial charge is 0.162 e. The second-order valence-electron chi connectivity index (χ2n) is 4.32. The number of ether oxygens (including phenoxy) is 2. The molecule has 21 heavy (non-hydrogen) atoms. The van der Waals surface area contributed by atoms with Crippen molar-refractivity contribution in [1.29, 1.82) is 0 Å². The van der Waals surface area contributed by atoms with Crippen LogP contribution in [0.5, 0.6) is 11.5 Å². The zero-order valence-corrected chi connectivity index (χ0v) is 12.9. The lowest BCUT2D eigenvalue weighted by Crippen LogP contribution is -2.15. The Balaban J connectivity index is 1.63. The van der Waals surface area contributed by atoms with Crippen molar-refractivity contribution in [3.63, 3.8) is 0 Å². The van der Waals surface area contributed by atoms with Crippen LogP contribution in [-0.2, 0) is 5.75 Å². The van der Waals surface area contributed by atoms with Crippen LogP contribution < -0.4 is 9.47 Å². The molecule has 0 unspecified atom stereocenters. The predicted molar refractivity (Wildman–Crippen MR) is 85.3 cm³/mol. The Morgan fingerprint density at radius 1 is 1.14 bits per heavy atom. The lowest BCUT2D eigenvalue weighted by Gasteiger charge is -2.18. The molecule has 108 valence electrons. The van der Waals surface area contributed by atoms with Gasteiger partial charge >= 0.3 is 0 Å². The fourth-order valence-corrected chi connectivity index (χ4v) is 3.77. The van der Waals surface area contributed by atoms with E-state index in [1.54, 1.807) is 23.1 Å². The molecule has 1 aromatic carbocycles. The van der Waals surface area contributed by atoms with Crippen LogP contribution in [0.15, 0.2) is 35.2 Å². The van der Waals surface area contributed by atoms with Gasteiger partial charge in [0.2, 0.25) is 0 Å². The third-order valence-electron chi connectivity index (χ3n) is 2.85. The minimum absolute atomic E-state index is 0.0980. The van der Waals surface area contributed by atoms with Gasteiger partial charge in [0, 0.05) is 15.5 Å². The van der Waals surface area contributed by atoms with Crippen molar-refractivity contribution >= 4 is 23.1 Å². The number of hydrogen-bond acceptors (Lipinski definition) is 5. The summed E-state index contributed by atoms with van der Waals surface area (Å²) in [7, 11) is 0. The molecule has 0 saturated heterocycles. The van der Waals surface area contributed by atoms with Crippen molar-refractivity contribution in [2.45, 2.75) is 10.6 Å². The zero-order valence-electron chi connectivity index (χ0n) is 11.3. The second-order valence-corrected chi connectivity index (χ2v) is 6.54. The van der Waals surface area contributed by atoms with Crippen molar-refractivity contribution in [3.05, 3.63) is 40.1 Å². The molecule has 2 aromatic rings. The van der Waals surface area contributed by atoms with Crippen LogP contribution in [0.2, 0.25) is 0 Å². The Kier molecular flexibility index (Phi) is 4.71. The van der Waals surface area contributed by atoms with Gasteiger partial charge in [-0.2, -0.15) is 0 Å². The molecule has 0 fully saturated rings. The average Bonchev–Trinajstić information content (AvgIpc) is 2.98. The standard InChI is InChI=1S/C16H14O3S2/c17-7-1-2-12-3-4-14(21-12)11-20-13-5-6-15-16(10-13)19-9-8-18-15/h3-6,10,17H,7-9,11H2. The van der Waals surface area contributed by atoms with Gasteiger partial charge in [0.05, 0.1) is 4.88 Å². The first-order valence-corrected chi connectivity index (χ1v) is 8.36. The van der Waals surface area contributed by atoms with Crippen LogP contribution in [0.1, 0.15) is 9.75 Å². The number of thioether (sulfide) groups is 1. The van der Waals surface area contributed by atoms with E-state index in [9.17, 15) is 0 Å². The number of aliphatic hydroxyl groups is 1. The van der Waals surface area contributed by atoms with Crippen LogP contribution in [-0.4, -0.2) is 24.9 Å². The normalized spacial score (nSPS) is 12.6. The lowest BCUT2D eigenvalue weighted by atomic mass is 10.3. The topological polar surface area (TPSA) is 38.7 Å². The maximum Gasteiger partial charge on any atom is 0.162 e. The van der Waals surface area contributed by atoms with Gasteiger partial charge in [0.15, 0.2) is 11.5 Å². The van der Waals surface area contributed by atoms with E-state index in [0.29, 0.717) is 13.2 Å². The summed E-state index contributed by atoms with van der Waals surface area (Å²) in [5.41, 5.74) is 0. The van der Waals surface area contributed by atoms with E-state index in [4.69, 9.17) is 14.6 Å². The number of benzene rings is 1. The summed E-state index contributed by atoms with van der Waals surface area (Å²) in [4.78, 5) is 3.41. The first-order chi connectivity index (χ1) is 10.3. The summed E-state index contributed by atoms with van der Waals surface area (Å²) in [6.45, 7) is 1.13. The monoisotopic (exact) mass is 318 g/mol. The van der Waals surface area contributed by atoms with Gasteiger partial charge in [-0.25, -0.2) is 0 Å². The highest BCUT2D eigenvalue weighted by atomic mass is 32.2. The average molecular weight is 318 g/mol. The first-order valence-electron chi connectivity index (χ1n) is 6.56. The van der Waals surface area contributed by atoms with Crippen molar-refractivity contribution < 1.29 is 14.6 Å². The second kappa shape index (κ2) is 6.90. The molecule has 0 amide bonds. The fourth-order valence-electron chi connectivity index (χ4n) is 1.92.